The Bertz CT molecular complexity index is 1160. The number of aryl methyl sites for hydroxylation is 1. The Labute approximate surface area is 168 Å². The molecule has 2 aliphatic rings. The molecule has 0 fully saturated rings. The largest absolute Gasteiger partial charge is 0.481 e. The first-order chi connectivity index (χ1) is 13.5. The zero-order valence-electron chi connectivity index (χ0n) is 14.7. The predicted octanol–water partition coefficient (Wildman–Crippen LogP) is 3.90. The first-order valence-corrected chi connectivity index (χ1v) is 9.95. The lowest BCUT2D eigenvalue weighted by Crippen LogP contribution is -2.10. The summed E-state index contributed by atoms with van der Waals surface area (Å²) in [5.41, 5.74) is 2.34. The SMILES string of the molecule is Cc1nnc2n1-c1sc3c(c1C(c1c(F)cccc1Cl)=NC2)CCC3C(=O)O. The number of fused-ring (bicyclic) bond motifs is 5. The van der Waals surface area contributed by atoms with Crippen molar-refractivity contribution in [2.75, 3.05) is 0 Å². The summed E-state index contributed by atoms with van der Waals surface area (Å²) in [4.78, 5) is 17.2. The third-order valence-corrected chi connectivity index (χ3v) is 6.87. The van der Waals surface area contributed by atoms with E-state index in [1.54, 1.807) is 12.1 Å². The third kappa shape index (κ3) is 2.37. The van der Waals surface area contributed by atoms with Gasteiger partial charge in [0.05, 0.1) is 22.2 Å². The minimum atomic E-state index is -0.849. The quantitative estimate of drug-likeness (QED) is 0.687. The van der Waals surface area contributed by atoms with Gasteiger partial charge in [-0.1, -0.05) is 17.7 Å². The number of carbonyl (C=O) groups is 1. The van der Waals surface area contributed by atoms with Crippen molar-refractivity contribution in [1.82, 2.24) is 14.8 Å². The lowest BCUT2D eigenvalue weighted by Gasteiger charge is -2.12. The molecule has 1 N–H and O–H groups in total. The fourth-order valence-corrected chi connectivity index (χ4v) is 5.79. The Hall–Kier alpha value is -2.58. The van der Waals surface area contributed by atoms with E-state index in [4.69, 9.17) is 11.6 Å². The molecule has 0 amide bonds. The van der Waals surface area contributed by atoms with E-state index >= 15 is 0 Å². The minimum absolute atomic E-state index is 0.235. The number of aliphatic carboxylic acids is 1. The molecule has 142 valence electrons. The van der Waals surface area contributed by atoms with Crippen molar-refractivity contribution in [3.63, 3.8) is 0 Å². The normalized spacial score (nSPS) is 17.5. The summed E-state index contributed by atoms with van der Waals surface area (Å²) in [6, 6.07) is 4.54. The van der Waals surface area contributed by atoms with Crippen LogP contribution in [0.2, 0.25) is 5.02 Å². The number of halogens is 2. The molecule has 0 bridgehead atoms. The summed E-state index contributed by atoms with van der Waals surface area (Å²) in [7, 11) is 0. The topological polar surface area (TPSA) is 80.4 Å². The number of nitrogens with zero attached hydrogens (tertiary/aromatic N) is 4. The van der Waals surface area contributed by atoms with Crippen LogP contribution in [0, 0.1) is 12.7 Å². The van der Waals surface area contributed by atoms with Crippen molar-refractivity contribution < 1.29 is 14.3 Å². The van der Waals surface area contributed by atoms with Crippen molar-refractivity contribution in [3.8, 4) is 5.00 Å². The summed E-state index contributed by atoms with van der Waals surface area (Å²) < 4.78 is 16.7. The molecule has 28 heavy (non-hydrogen) atoms. The maximum absolute atomic E-state index is 14.8. The molecule has 1 unspecified atom stereocenters. The number of hydrogen-bond donors (Lipinski definition) is 1. The average molecular weight is 417 g/mol. The summed E-state index contributed by atoms with van der Waals surface area (Å²) in [6.07, 6.45) is 1.12. The molecule has 5 rings (SSSR count). The fourth-order valence-electron chi connectivity index (χ4n) is 3.99. The van der Waals surface area contributed by atoms with E-state index in [1.165, 1.54) is 17.4 Å². The van der Waals surface area contributed by atoms with E-state index in [0.29, 0.717) is 30.2 Å². The van der Waals surface area contributed by atoms with E-state index in [9.17, 15) is 14.3 Å². The molecule has 3 heterocycles. The molecule has 3 aromatic rings. The predicted molar refractivity (Wildman–Crippen MR) is 103 cm³/mol. The van der Waals surface area contributed by atoms with Crippen LogP contribution in [0.3, 0.4) is 0 Å². The van der Waals surface area contributed by atoms with Crippen molar-refractivity contribution in [2.45, 2.75) is 32.2 Å². The second-order valence-electron chi connectivity index (χ2n) is 6.81. The summed E-state index contributed by atoms with van der Waals surface area (Å²) >= 11 is 7.75. The van der Waals surface area contributed by atoms with E-state index in [1.807, 2.05) is 11.5 Å². The maximum Gasteiger partial charge on any atom is 0.311 e. The van der Waals surface area contributed by atoms with Crippen LogP contribution in [0.1, 0.15) is 45.6 Å². The number of carboxylic acids is 1. The molecule has 1 atom stereocenters. The molecule has 1 aliphatic carbocycles. The fraction of sp³-hybridized carbons (Fsp3) is 0.263. The van der Waals surface area contributed by atoms with E-state index < -0.39 is 17.7 Å². The number of aliphatic imine (C=N–C) groups is 1. The number of rotatable bonds is 2. The smallest absolute Gasteiger partial charge is 0.311 e. The molecule has 0 saturated carbocycles. The van der Waals surface area contributed by atoms with Gasteiger partial charge in [0.1, 0.15) is 23.2 Å². The Morgan fingerprint density at radius 2 is 2.18 bits per heavy atom. The average Bonchev–Trinajstić information content (AvgIpc) is 3.28. The number of benzene rings is 1. The molecule has 6 nitrogen and oxygen atoms in total. The van der Waals surface area contributed by atoms with Crippen molar-refractivity contribution in [2.24, 2.45) is 4.99 Å². The van der Waals surface area contributed by atoms with Gasteiger partial charge in [-0.15, -0.1) is 21.5 Å². The molecule has 1 aliphatic heterocycles. The standard InChI is InChI=1S/C19H14ClFN4O2S/c1-8-23-24-13-7-22-16(15-11(20)3-2-4-12(15)21)14-9-5-6-10(19(26)27)17(9)28-18(14)25(8)13/h2-4,10H,5-7H2,1H3,(H,26,27). The number of aromatic nitrogens is 3. The first-order valence-electron chi connectivity index (χ1n) is 8.76. The molecule has 9 heteroatoms. The van der Waals surface area contributed by atoms with Gasteiger partial charge < -0.3 is 5.11 Å². The van der Waals surface area contributed by atoms with Crippen LogP contribution < -0.4 is 0 Å². The van der Waals surface area contributed by atoms with Gasteiger partial charge in [-0.2, -0.15) is 0 Å². The number of thiophene rings is 1. The van der Waals surface area contributed by atoms with Crippen molar-refractivity contribution in [3.05, 3.63) is 62.3 Å². The molecule has 0 spiro atoms. The highest BCUT2D eigenvalue weighted by Crippen LogP contribution is 2.46. The number of carboxylic acid groups (broad SMARTS) is 1. The maximum atomic E-state index is 14.8. The van der Waals surface area contributed by atoms with E-state index in [0.717, 1.165) is 21.0 Å². The van der Waals surface area contributed by atoms with Gasteiger partial charge in [-0.3, -0.25) is 14.4 Å². The minimum Gasteiger partial charge on any atom is -0.481 e. The molecular formula is C19H14ClFN4O2S. The van der Waals surface area contributed by atoms with Crippen LogP contribution in [-0.2, 0) is 17.8 Å². The zero-order valence-corrected chi connectivity index (χ0v) is 16.3. The summed E-state index contributed by atoms with van der Waals surface area (Å²) in [5, 5.41) is 19.0. The second kappa shape index (κ2) is 6.22. The lowest BCUT2D eigenvalue weighted by atomic mass is 9.98. The van der Waals surface area contributed by atoms with Crippen LogP contribution >= 0.6 is 22.9 Å². The van der Waals surface area contributed by atoms with E-state index in [-0.39, 0.29) is 17.1 Å². The summed E-state index contributed by atoms with van der Waals surface area (Å²) in [5.74, 6) is -0.561. The first kappa shape index (κ1) is 17.5. The monoisotopic (exact) mass is 416 g/mol. The Morgan fingerprint density at radius 1 is 1.36 bits per heavy atom. The number of hydrogen-bond acceptors (Lipinski definition) is 5. The van der Waals surface area contributed by atoms with Crippen LogP contribution in [0.5, 0.6) is 0 Å². The molecule has 2 aromatic heterocycles. The van der Waals surface area contributed by atoms with Crippen LogP contribution in [0.15, 0.2) is 23.2 Å². The van der Waals surface area contributed by atoms with Gasteiger partial charge in [-0.05, 0) is 37.5 Å². The van der Waals surface area contributed by atoms with Gasteiger partial charge in [0.25, 0.3) is 0 Å². The third-order valence-electron chi connectivity index (χ3n) is 5.23. The Kier molecular flexibility index (Phi) is 3.89. The van der Waals surface area contributed by atoms with Gasteiger partial charge in [0.15, 0.2) is 5.82 Å². The highest BCUT2D eigenvalue weighted by atomic mass is 35.5. The molecule has 1 aromatic carbocycles. The highest BCUT2D eigenvalue weighted by Gasteiger charge is 2.38. The van der Waals surface area contributed by atoms with Crippen molar-refractivity contribution >= 4 is 34.6 Å². The van der Waals surface area contributed by atoms with Gasteiger partial charge in [0.2, 0.25) is 0 Å². The van der Waals surface area contributed by atoms with Crippen molar-refractivity contribution in [1.29, 1.82) is 0 Å². The second-order valence-corrected chi connectivity index (χ2v) is 8.25. The Morgan fingerprint density at radius 3 is 2.93 bits per heavy atom. The van der Waals surface area contributed by atoms with E-state index in [2.05, 4.69) is 15.2 Å². The van der Waals surface area contributed by atoms with Crippen LogP contribution in [-0.4, -0.2) is 31.6 Å². The molecular weight excluding hydrogens is 403 g/mol. The van der Waals surface area contributed by atoms with Crippen LogP contribution in [0.4, 0.5) is 4.39 Å². The zero-order chi connectivity index (χ0) is 19.6. The van der Waals surface area contributed by atoms with Gasteiger partial charge in [0, 0.05) is 10.4 Å². The van der Waals surface area contributed by atoms with Crippen LogP contribution in [0.25, 0.3) is 5.00 Å². The highest BCUT2D eigenvalue weighted by molar-refractivity contribution is 7.15. The van der Waals surface area contributed by atoms with Gasteiger partial charge in [-0.25, -0.2) is 4.39 Å². The lowest BCUT2D eigenvalue weighted by molar-refractivity contribution is -0.138. The summed E-state index contributed by atoms with van der Waals surface area (Å²) in [6.45, 7) is 2.07. The van der Waals surface area contributed by atoms with Gasteiger partial charge >= 0.3 is 5.97 Å². The Balaban J connectivity index is 1.84. The molecule has 0 radical (unpaired) electrons. The molecule has 0 saturated heterocycles.